The average molecular weight is 204 g/mol. The third-order valence-electron chi connectivity index (χ3n) is 2.39. The number of carbonyl (C=O) groups excluding carboxylic acids is 1. The molecule has 0 aliphatic rings. The standard InChI is InChI=1S/C12H16N2O/c1-5-9(3)7-12(15)10-8-13-14(4)11(10)6-2/h5-6,8-9H,1-2,7H2,3-4H3/t9-/m0/s1. The molecule has 80 valence electrons. The van der Waals surface area contributed by atoms with Crippen LogP contribution in [0.25, 0.3) is 6.08 Å². The lowest BCUT2D eigenvalue weighted by molar-refractivity contribution is 0.0971. The SMILES string of the molecule is C=Cc1c(C(=O)C[C@@H](C)C=C)cnn1C. The van der Waals surface area contributed by atoms with E-state index in [0.717, 1.165) is 5.69 Å². The Morgan fingerprint density at radius 1 is 1.67 bits per heavy atom. The van der Waals surface area contributed by atoms with E-state index in [-0.39, 0.29) is 11.7 Å². The number of hydrogen-bond donors (Lipinski definition) is 0. The van der Waals surface area contributed by atoms with Gasteiger partial charge < -0.3 is 0 Å². The van der Waals surface area contributed by atoms with Gasteiger partial charge in [-0.1, -0.05) is 19.6 Å². The molecule has 0 unspecified atom stereocenters. The molecule has 0 N–H and O–H groups in total. The number of Topliss-reactive ketones (excluding diaryl/α,β-unsaturated/α-hetero) is 1. The maximum absolute atomic E-state index is 11.9. The summed E-state index contributed by atoms with van der Waals surface area (Å²) in [5, 5.41) is 4.04. The van der Waals surface area contributed by atoms with Crippen LogP contribution in [0.1, 0.15) is 29.4 Å². The van der Waals surface area contributed by atoms with E-state index in [4.69, 9.17) is 0 Å². The molecule has 1 atom stereocenters. The smallest absolute Gasteiger partial charge is 0.167 e. The van der Waals surface area contributed by atoms with Crippen LogP contribution in [0.3, 0.4) is 0 Å². The van der Waals surface area contributed by atoms with Gasteiger partial charge in [0.05, 0.1) is 17.5 Å². The third-order valence-corrected chi connectivity index (χ3v) is 2.39. The van der Waals surface area contributed by atoms with Crippen molar-refractivity contribution in [1.29, 1.82) is 0 Å². The van der Waals surface area contributed by atoms with E-state index >= 15 is 0 Å². The molecule has 3 nitrogen and oxygen atoms in total. The highest BCUT2D eigenvalue weighted by Crippen LogP contribution is 2.15. The number of allylic oxidation sites excluding steroid dienone is 1. The Bertz CT molecular complexity index is 390. The number of aryl methyl sites for hydroxylation is 1. The minimum absolute atomic E-state index is 0.0883. The van der Waals surface area contributed by atoms with Gasteiger partial charge in [-0.15, -0.1) is 6.58 Å². The van der Waals surface area contributed by atoms with Crippen molar-refractivity contribution in [1.82, 2.24) is 9.78 Å². The van der Waals surface area contributed by atoms with Crippen LogP contribution in [0, 0.1) is 5.92 Å². The summed E-state index contributed by atoms with van der Waals surface area (Å²) in [6.45, 7) is 9.30. The zero-order valence-electron chi connectivity index (χ0n) is 9.23. The number of hydrogen-bond acceptors (Lipinski definition) is 2. The molecule has 0 spiro atoms. The van der Waals surface area contributed by atoms with Gasteiger partial charge in [0.2, 0.25) is 0 Å². The minimum atomic E-state index is 0.0883. The second-order valence-corrected chi connectivity index (χ2v) is 3.61. The molecule has 1 aromatic rings. The van der Waals surface area contributed by atoms with E-state index in [1.807, 2.05) is 6.92 Å². The first-order chi connectivity index (χ1) is 7.10. The van der Waals surface area contributed by atoms with Crippen molar-refractivity contribution in [3.8, 4) is 0 Å². The summed E-state index contributed by atoms with van der Waals surface area (Å²) in [6.07, 6.45) is 5.49. The van der Waals surface area contributed by atoms with Gasteiger partial charge in [0.15, 0.2) is 5.78 Å². The van der Waals surface area contributed by atoms with Crippen LogP contribution in [0.5, 0.6) is 0 Å². The van der Waals surface area contributed by atoms with Gasteiger partial charge in [0.25, 0.3) is 0 Å². The number of aromatic nitrogens is 2. The third kappa shape index (κ3) is 2.43. The fraction of sp³-hybridized carbons (Fsp3) is 0.333. The van der Waals surface area contributed by atoms with Crippen LogP contribution in [-0.2, 0) is 7.05 Å². The van der Waals surface area contributed by atoms with Crippen molar-refractivity contribution < 1.29 is 4.79 Å². The van der Waals surface area contributed by atoms with E-state index in [2.05, 4.69) is 18.3 Å². The second-order valence-electron chi connectivity index (χ2n) is 3.61. The van der Waals surface area contributed by atoms with Gasteiger partial charge in [0, 0.05) is 13.5 Å². The molecule has 0 fully saturated rings. The molecule has 3 heteroatoms. The summed E-state index contributed by atoms with van der Waals surface area (Å²) >= 11 is 0. The van der Waals surface area contributed by atoms with Crippen molar-refractivity contribution in [2.75, 3.05) is 0 Å². The highest BCUT2D eigenvalue weighted by Gasteiger charge is 2.15. The predicted octanol–water partition coefficient (Wildman–Crippen LogP) is 2.46. The number of rotatable bonds is 5. The molecule has 0 bridgehead atoms. The van der Waals surface area contributed by atoms with E-state index in [9.17, 15) is 4.79 Å². The Balaban J connectivity index is 2.91. The summed E-state index contributed by atoms with van der Waals surface area (Å²) in [5.41, 5.74) is 1.41. The molecule has 0 aliphatic heterocycles. The van der Waals surface area contributed by atoms with Crippen LogP contribution >= 0.6 is 0 Å². The number of carbonyl (C=O) groups is 1. The highest BCUT2D eigenvalue weighted by molar-refractivity contribution is 5.98. The van der Waals surface area contributed by atoms with Crippen LogP contribution < -0.4 is 0 Å². The molecule has 1 rings (SSSR count). The number of nitrogens with zero attached hydrogens (tertiary/aromatic N) is 2. The fourth-order valence-corrected chi connectivity index (χ4v) is 1.39. The van der Waals surface area contributed by atoms with Crippen LogP contribution in [0.2, 0.25) is 0 Å². The molecule has 0 saturated carbocycles. The summed E-state index contributed by atoms with van der Waals surface area (Å²) in [4.78, 5) is 11.9. The van der Waals surface area contributed by atoms with Crippen molar-refractivity contribution >= 4 is 11.9 Å². The van der Waals surface area contributed by atoms with E-state index in [1.165, 1.54) is 0 Å². The quantitative estimate of drug-likeness (QED) is 0.545. The van der Waals surface area contributed by atoms with E-state index in [1.54, 1.807) is 30.1 Å². The van der Waals surface area contributed by atoms with Crippen LogP contribution in [-0.4, -0.2) is 15.6 Å². The first-order valence-corrected chi connectivity index (χ1v) is 4.90. The highest BCUT2D eigenvalue weighted by atomic mass is 16.1. The summed E-state index contributed by atoms with van der Waals surface area (Å²) in [6, 6.07) is 0. The van der Waals surface area contributed by atoms with Crippen LogP contribution in [0.15, 0.2) is 25.4 Å². The van der Waals surface area contributed by atoms with E-state index in [0.29, 0.717) is 12.0 Å². The van der Waals surface area contributed by atoms with Gasteiger partial charge in [-0.05, 0) is 12.0 Å². The molecule has 15 heavy (non-hydrogen) atoms. The van der Waals surface area contributed by atoms with Gasteiger partial charge in [0.1, 0.15) is 0 Å². The van der Waals surface area contributed by atoms with E-state index < -0.39 is 0 Å². The Hall–Kier alpha value is -1.64. The molecule has 1 heterocycles. The normalized spacial score (nSPS) is 12.1. The van der Waals surface area contributed by atoms with Crippen molar-refractivity contribution in [3.05, 3.63) is 36.7 Å². The summed E-state index contributed by atoms with van der Waals surface area (Å²) in [7, 11) is 1.80. The lowest BCUT2D eigenvalue weighted by atomic mass is 10.0. The van der Waals surface area contributed by atoms with Crippen molar-refractivity contribution in [3.63, 3.8) is 0 Å². The average Bonchev–Trinajstić information content (AvgIpc) is 2.59. The Morgan fingerprint density at radius 2 is 2.33 bits per heavy atom. The topological polar surface area (TPSA) is 34.9 Å². The molecule has 0 amide bonds. The minimum Gasteiger partial charge on any atom is -0.294 e. The lowest BCUT2D eigenvalue weighted by Crippen LogP contribution is -2.05. The lowest BCUT2D eigenvalue weighted by Gasteiger charge is -2.04. The van der Waals surface area contributed by atoms with Gasteiger partial charge in [-0.2, -0.15) is 5.10 Å². The van der Waals surface area contributed by atoms with Crippen LogP contribution in [0.4, 0.5) is 0 Å². The fourth-order valence-electron chi connectivity index (χ4n) is 1.39. The summed E-state index contributed by atoms with van der Waals surface area (Å²) in [5.74, 6) is 0.278. The van der Waals surface area contributed by atoms with Gasteiger partial charge in [-0.3, -0.25) is 9.48 Å². The zero-order chi connectivity index (χ0) is 11.4. The maximum Gasteiger partial charge on any atom is 0.167 e. The molecular formula is C12H16N2O. The zero-order valence-corrected chi connectivity index (χ0v) is 9.23. The first kappa shape index (κ1) is 11.4. The van der Waals surface area contributed by atoms with Gasteiger partial charge >= 0.3 is 0 Å². The molecule has 0 saturated heterocycles. The Morgan fingerprint density at radius 3 is 2.87 bits per heavy atom. The maximum atomic E-state index is 11.9. The molecule has 1 aromatic heterocycles. The molecular weight excluding hydrogens is 188 g/mol. The Labute approximate surface area is 90.1 Å². The Kier molecular flexibility index (Phi) is 3.61. The summed E-state index contributed by atoms with van der Waals surface area (Å²) < 4.78 is 1.65. The monoisotopic (exact) mass is 204 g/mol. The van der Waals surface area contributed by atoms with Crippen molar-refractivity contribution in [2.45, 2.75) is 13.3 Å². The molecule has 0 aromatic carbocycles. The first-order valence-electron chi connectivity index (χ1n) is 4.90. The second kappa shape index (κ2) is 4.73. The van der Waals surface area contributed by atoms with Crippen molar-refractivity contribution in [2.24, 2.45) is 13.0 Å². The molecule has 0 aliphatic carbocycles. The predicted molar refractivity (Wildman–Crippen MR) is 61.6 cm³/mol. The largest absolute Gasteiger partial charge is 0.294 e. The van der Waals surface area contributed by atoms with Gasteiger partial charge in [-0.25, -0.2) is 0 Å². The molecule has 0 radical (unpaired) electrons. The number of ketones is 1.